The summed E-state index contributed by atoms with van der Waals surface area (Å²) in [5.41, 5.74) is 5.84. The van der Waals surface area contributed by atoms with Crippen LogP contribution in [0.5, 0.6) is 0 Å². The zero-order valence-corrected chi connectivity index (χ0v) is 14.0. The number of hydrogen-bond donors (Lipinski definition) is 3. The third-order valence-electron chi connectivity index (χ3n) is 3.50. The van der Waals surface area contributed by atoms with Gasteiger partial charge in [0.15, 0.2) is 0 Å². The molecule has 2 atom stereocenters. The summed E-state index contributed by atoms with van der Waals surface area (Å²) in [5, 5.41) is 5.03. The lowest BCUT2D eigenvalue weighted by molar-refractivity contribution is -0.130. The summed E-state index contributed by atoms with van der Waals surface area (Å²) in [6.45, 7) is 1.27. The average Bonchev–Trinajstić information content (AvgIpc) is 2.52. The van der Waals surface area contributed by atoms with Crippen LogP contribution in [0.2, 0.25) is 0 Å². The summed E-state index contributed by atoms with van der Waals surface area (Å²) < 4.78 is 13.3. The van der Waals surface area contributed by atoms with Crippen molar-refractivity contribution in [2.45, 2.75) is 44.7 Å². The lowest BCUT2D eigenvalue weighted by Gasteiger charge is -2.21. The Morgan fingerprint density at radius 2 is 2.00 bits per heavy atom. The molecule has 6 nitrogen and oxygen atoms in total. The number of halogens is 1. The van der Waals surface area contributed by atoms with E-state index in [1.807, 2.05) is 0 Å². The van der Waals surface area contributed by atoms with Crippen molar-refractivity contribution in [3.8, 4) is 12.3 Å². The number of nitrogens with two attached hydrogens (primary N) is 1. The molecule has 134 valence electrons. The lowest BCUT2D eigenvalue weighted by atomic mass is 10.0. The van der Waals surface area contributed by atoms with Gasteiger partial charge in [-0.3, -0.25) is 14.4 Å². The van der Waals surface area contributed by atoms with Crippen LogP contribution in [0.1, 0.15) is 31.7 Å². The third kappa shape index (κ3) is 7.48. The first kappa shape index (κ1) is 20.2. The third-order valence-corrected chi connectivity index (χ3v) is 3.50. The monoisotopic (exact) mass is 347 g/mol. The van der Waals surface area contributed by atoms with E-state index < -0.39 is 35.6 Å². The Kier molecular flexibility index (Phi) is 8.13. The molecule has 0 saturated heterocycles. The normalized spacial score (nSPS) is 12.5. The molecule has 0 aliphatic carbocycles. The summed E-state index contributed by atoms with van der Waals surface area (Å²) in [6, 6.07) is 3.88. The van der Waals surface area contributed by atoms with E-state index in [1.54, 1.807) is 6.07 Å². The molecule has 0 spiro atoms. The molecule has 1 aromatic carbocycles. The minimum absolute atomic E-state index is 0.0824. The predicted octanol–water partition coefficient (Wildman–Crippen LogP) is 0.647. The van der Waals surface area contributed by atoms with Gasteiger partial charge < -0.3 is 16.4 Å². The van der Waals surface area contributed by atoms with Crippen molar-refractivity contribution < 1.29 is 18.8 Å². The minimum Gasteiger partial charge on any atom is -0.368 e. The first-order valence-electron chi connectivity index (χ1n) is 7.88. The van der Waals surface area contributed by atoms with Crippen LogP contribution in [0.25, 0.3) is 0 Å². The highest BCUT2D eigenvalue weighted by Crippen LogP contribution is 2.08. The molecule has 0 radical (unpaired) electrons. The number of carbonyl (C=O) groups is 3. The van der Waals surface area contributed by atoms with Gasteiger partial charge in [0.1, 0.15) is 17.9 Å². The Morgan fingerprint density at radius 1 is 1.28 bits per heavy atom. The quantitative estimate of drug-likeness (QED) is 0.451. The highest BCUT2D eigenvalue weighted by Gasteiger charge is 2.25. The summed E-state index contributed by atoms with van der Waals surface area (Å²) in [4.78, 5) is 35.3. The second kappa shape index (κ2) is 10.1. The van der Waals surface area contributed by atoms with Crippen LogP contribution < -0.4 is 16.4 Å². The molecule has 0 heterocycles. The Bertz CT molecular complexity index is 670. The number of amides is 3. The van der Waals surface area contributed by atoms with Crippen molar-refractivity contribution in [3.05, 3.63) is 35.6 Å². The lowest BCUT2D eigenvalue weighted by Crippen LogP contribution is -2.53. The Balaban J connectivity index is 2.82. The molecule has 3 amide bonds. The van der Waals surface area contributed by atoms with Crippen LogP contribution >= 0.6 is 0 Å². The van der Waals surface area contributed by atoms with Crippen LogP contribution in [-0.2, 0) is 20.8 Å². The Morgan fingerprint density at radius 3 is 2.56 bits per heavy atom. The van der Waals surface area contributed by atoms with Crippen LogP contribution in [0.4, 0.5) is 4.39 Å². The Labute approximate surface area is 146 Å². The molecule has 0 aliphatic heterocycles. The zero-order chi connectivity index (χ0) is 18.8. The average molecular weight is 347 g/mol. The van der Waals surface area contributed by atoms with Crippen molar-refractivity contribution >= 4 is 17.7 Å². The van der Waals surface area contributed by atoms with Crippen molar-refractivity contribution in [3.63, 3.8) is 0 Å². The van der Waals surface area contributed by atoms with Gasteiger partial charge in [-0.2, -0.15) is 0 Å². The maximum atomic E-state index is 13.3. The van der Waals surface area contributed by atoms with Crippen LogP contribution in [0, 0.1) is 18.2 Å². The van der Waals surface area contributed by atoms with Crippen molar-refractivity contribution in [1.29, 1.82) is 0 Å². The number of nitrogens with one attached hydrogen (secondary N) is 2. The number of benzene rings is 1. The zero-order valence-electron chi connectivity index (χ0n) is 14.0. The Hall–Kier alpha value is -2.88. The summed E-state index contributed by atoms with van der Waals surface area (Å²) in [7, 11) is 0. The molecule has 4 N–H and O–H groups in total. The van der Waals surface area contributed by atoms with Gasteiger partial charge in [-0.05, 0) is 30.5 Å². The fraction of sp³-hybridized carbons (Fsp3) is 0.389. The number of hydrogen-bond acceptors (Lipinski definition) is 3. The minimum atomic E-state index is -0.950. The van der Waals surface area contributed by atoms with Crippen molar-refractivity contribution in [2.75, 3.05) is 0 Å². The van der Waals surface area contributed by atoms with Crippen LogP contribution in [0.15, 0.2) is 24.3 Å². The molecule has 7 heteroatoms. The van der Waals surface area contributed by atoms with Crippen molar-refractivity contribution in [1.82, 2.24) is 10.6 Å². The molecule has 0 saturated carbocycles. The predicted molar refractivity (Wildman–Crippen MR) is 91.5 cm³/mol. The van der Waals surface area contributed by atoms with E-state index in [-0.39, 0.29) is 6.42 Å². The summed E-state index contributed by atoms with van der Waals surface area (Å²) in [6.07, 6.45) is 6.53. The first-order chi connectivity index (χ1) is 11.8. The first-order valence-corrected chi connectivity index (χ1v) is 7.88. The second-order valence-electron chi connectivity index (χ2n) is 5.65. The van der Waals surface area contributed by atoms with E-state index in [0.29, 0.717) is 24.8 Å². The summed E-state index contributed by atoms with van der Waals surface area (Å²) >= 11 is 0. The highest BCUT2D eigenvalue weighted by molar-refractivity contribution is 5.91. The van der Waals surface area contributed by atoms with Gasteiger partial charge in [-0.15, -0.1) is 12.3 Å². The standard InChI is InChI=1S/C18H22FN3O3/c1-3-4-5-9-15(17(20)24)22-18(25)16(21-12(2)23)11-13-7-6-8-14(19)10-13/h1,6-8,10,15-16H,4-5,9,11H2,2H3,(H2,20,24)(H,21,23)(H,22,25)/t15-,16-/m0/s1. The van der Waals surface area contributed by atoms with Crippen molar-refractivity contribution in [2.24, 2.45) is 5.73 Å². The van der Waals surface area contributed by atoms with Crippen LogP contribution in [0.3, 0.4) is 0 Å². The van der Waals surface area contributed by atoms with Gasteiger partial charge in [0, 0.05) is 19.8 Å². The largest absolute Gasteiger partial charge is 0.368 e. The molecular weight excluding hydrogens is 325 g/mol. The fourth-order valence-corrected chi connectivity index (χ4v) is 2.32. The molecule has 0 bridgehead atoms. The van der Waals surface area contributed by atoms with Gasteiger partial charge in [-0.1, -0.05) is 12.1 Å². The number of primary amides is 1. The van der Waals surface area contributed by atoms with E-state index in [4.69, 9.17) is 12.2 Å². The molecule has 0 aliphatic rings. The van der Waals surface area contributed by atoms with E-state index in [9.17, 15) is 18.8 Å². The van der Waals surface area contributed by atoms with E-state index in [2.05, 4.69) is 16.6 Å². The van der Waals surface area contributed by atoms with Gasteiger partial charge >= 0.3 is 0 Å². The number of unbranched alkanes of at least 4 members (excludes halogenated alkanes) is 1. The topological polar surface area (TPSA) is 101 Å². The highest BCUT2D eigenvalue weighted by atomic mass is 19.1. The number of rotatable bonds is 9. The smallest absolute Gasteiger partial charge is 0.243 e. The van der Waals surface area contributed by atoms with E-state index in [0.717, 1.165) is 0 Å². The molecular formula is C18H22FN3O3. The SMILES string of the molecule is C#CCCC[C@H](NC(=O)[C@H](Cc1cccc(F)c1)NC(C)=O)C(N)=O. The van der Waals surface area contributed by atoms with Gasteiger partial charge in [0.25, 0.3) is 0 Å². The second-order valence-corrected chi connectivity index (χ2v) is 5.65. The molecule has 0 fully saturated rings. The molecule has 1 rings (SSSR count). The van der Waals surface area contributed by atoms with Gasteiger partial charge in [0.2, 0.25) is 17.7 Å². The summed E-state index contributed by atoms with van der Waals surface area (Å²) in [5.74, 6) is 0.338. The maximum absolute atomic E-state index is 13.3. The molecule has 25 heavy (non-hydrogen) atoms. The fourth-order valence-electron chi connectivity index (χ4n) is 2.32. The van der Waals surface area contributed by atoms with E-state index in [1.165, 1.54) is 25.1 Å². The van der Waals surface area contributed by atoms with Crippen LogP contribution in [-0.4, -0.2) is 29.8 Å². The van der Waals surface area contributed by atoms with E-state index >= 15 is 0 Å². The maximum Gasteiger partial charge on any atom is 0.243 e. The molecule has 1 aromatic rings. The number of terminal acetylenes is 1. The molecule has 0 unspecified atom stereocenters. The van der Waals surface area contributed by atoms with Gasteiger partial charge in [-0.25, -0.2) is 4.39 Å². The van der Waals surface area contributed by atoms with Gasteiger partial charge in [0.05, 0.1) is 0 Å². The number of carbonyl (C=O) groups excluding carboxylic acids is 3. The molecule has 0 aromatic heterocycles.